The molecule has 9 heteroatoms. The summed E-state index contributed by atoms with van der Waals surface area (Å²) in [6.07, 6.45) is 0.624. The molecule has 0 saturated carbocycles. The molecule has 4 aromatic rings. The lowest BCUT2D eigenvalue weighted by atomic mass is 10.1. The molecule has 1 aliphatic rings. The van der Waals surface area contributed by atoms with Gasteiger partial charge in [0.2, 0.25) is 5.16 Å². The Labute approximate surface area is 192 Å². The largest absolute Gasteiger partial charge is 0.497 e. The summed E-state index contributed by atoms with van der Waals surface area (Å²) in [4.78, 5) is 0. The first-order valence-corrected chi connectivity index (χ1v) is 11.0. The van der Waals surface area contributed by atoms with E-state index in [4.69, 9.17) is 32.4 Å². The number of thioether (sulfide) groups is 1. The van der Waals surface area contributed by atoms with Gasteiger partial charge in [0.05, 0.1) is 12.1 Å². The van der Waals surface area contributed by atoms with Crippen LogP contribution in [0.3, 0.4) is 0 Å². The molecule has 0 saturated heterocycles. The van der Waals surface area contributed by atoms with E-state index in [1.165, 1.54) is 11.8 Å². The predicted octanol–water partition coefficient (Wildman–Crippen LogP) is 6.09. The lowest BCUT2D eigenvalue weighted by Gasteiger charge is -2.17. The highest BCUT2D eigenvalue weighted by Gasteiger charge is 2.21. The monoisotopic (exact) mass is 470 g/mol. The van der Waals surface area contributed by atoms with Crippen LogP contribution in [0, 0.1) is 0 Å². The minimum absolute atomic E-state index is 0.577. The Morgan fingerprint density at radius 1 is 1.03 bits per heavy atom. The highest BCUT2D eigenvalue weighted by molar-refractivity contribution is 8.02. The third-order valence-electron chi connectivity index (χ3n) is 4.80. The number of furan rings is 1. The van der Waals surface area contributed by atoms with Crippen LogP contribution in [0.1, 0.15) is 17.1 Å². The average molecular weight is 471 g/mol. The first kappa shape index (κ1) is 20.1. The van der Waals surface area contributed by atoms with Crippen LogP contribution >= 0.6 is 35.0 Å². The van der Waals surface area contributed by atoms with Gasteiger partial charge in [-0.15, -0.1) is 10.2 Å². The van der Waals surface area contributed by atoms with Gasteiger partial charge in [0, 0.05) is 22.4 Å². The van der Waals surface area contributed by atoms with Crippen molar-refractivity contribution in [3.05, 3.63) is 87.2 Å². The van der Waals surface area contributed by atoms with Gasteiger partial charge in [-0.3, -0.25) is 5.43 Å². The van der Waals surface area contributed by atoms with Crippen molar-refractivity contribution in [2.24, 2.45) is 0 Å². The van der Waals surface area contributed by atoms with Gasteiger partial charge in [0.1, 0.15) is 17.2 Å². The molecule has 0 bridgehead atoms. The number of hydrogen-bond acceptors (Lipinski definition) is 6. The molecule has 2 aromatic heterocycles. The number of nitrogens with zero attached hydrogens (tertiary/aromatic N) is 3. The minimum atomic E-state index is 0.577. The Hall–Kier alpha value is -2.87. The van der Waals surface area contributed by atoms with E-state index in [1.807, 2.05) is 46.5 Å². The van der Waals surface area contributed by atoms with Crippen molar-refractivity contribution in [1.82, 2.24) is 14.9 Å². The average Bonchev–Trinajstić information content (AvgIpc) is 3.43. The highest BCUT2D eigenvalue weighted by Crippen LogP contribution is 2.35. The summed E-state index contributed by atoms with van der Waals surface area (Å²) >= 11 is 13.9. The predicted molar refractivity (Wildman–Crippen MR) is 123 cm³/mol. The maximum Gasteiger partial charge on any atom is 0.214 e. The van der Waals surface area contributed by atoms with Crippen molar-refractivity contribution in [3.8, 4) is 17.1 Å². The fourth-order valence-corrected chi connectivity index (χ4v) is 4.33. The summed E-state index contributed by atoms with van der Waals surface area (Å²) in [6, 6.07) is 16.9. The summed E-state index contributed by atoms with van der Waals surface area (Å²) in [5.41, 5.74) is 6.00. The van der Waals surface area contributed by atoms with Crippen molar-refractivity contribution in [2.45, 2.75) is 11.6 Å². The van der Waals surface area contributed by atoms with Crippen LogP contribution in [0.4, 0.5) is 0 Å². The van der Waals surface area contributed by atoms with Gasteiger partial charge >= 0.3 is 0 Å². The third kappa shape index (κ3) is 4.04. The number of nitrogens with one attached hydrogen (secondary N) is 1. The molecular weight excluding hydrogens is 455 g/mol. The molecule has 0 unspecified atom stereocenters. The van der Waals surface area contributed by atoms with E-state index >= 15 is 0 Å². The highest BCUT2D eigenvalue weighted by atomic mass is 35.5. The number of benzene rings is 2. The van der Waals surface area contributed by atoms with Crippen molar-refractivity contribution in [1.29, 1.82) is 0 Å². The number of ether oxygens (including phenoxy) is 1. The number of fused-ring (bicyclic) bond motifs is 1. The van der Waals surface area contributed by atoms with E-state index in [0.29, 0.717) is 28.0 Å². The molecule has 0 fully saturated rings. The normalized spacial score (nSPS) is 12.8. The number of aromatic nitrogens is 3. The second-order valence-corrected chi connectivity index (χ2v) is 8.49. The molecule has 156 valence electrons. The fraction of sp³-hybridized carbons (Fsp3) is 0.0909. The summed E-state index contributed by atoms with van der Waals surface area (Å²) in [7, 11) is 1.65. The van der Waals surface area contributed by atoms with E-state index in [9.17, 15) is 0 Å². The van der Waals surface area contributed by atoms with E-state index in [0.717, 1.165) is 33.6 Å². The van der Waals surface area contributed by atoms with Crippen LogP contribution in [0.15, 0.2) is 69.6 Å². The molecule has 0 spiro atoms. The van der Waals surface area contributed by atoms with Crippen LogP contribution < -0.4 is 10.2 Å². The Bertz CT molecular complexity index is 1280. The number of hydrogen-bond donors (Lipinski definition) is 1. The molecule has 0 radical (unpaired) electrons. The van der Waals surface area contributed by atoms with Gasteiger partial charge in [0.15, 0.2) is 11.6 Å². The smallest absolute Gasteiger partial charge is 0.214 e. The van der Waals surface area contributed by atoms with Crippen LogP contribution in [0.25, 0.3) is 17.0 Å². The molecule has 31 heavy (non-hydrogen) atoms. The van der Waals surface area contributed by atoms with Gasteiger partial charge in [-0.05, 0) is 48.0 Å². The summed E-state index contributed by atoms with van der Waals surface area (Å²) in [5.74, 6) is 2.93. The second kappa shape index (κ2) is 8.34. The standard InChI is InChI=1S/C22H16Cl2N4O2S/c1-29-15-5-2-13(3-6-15)10-21-25-26-22-28(21)27-18(12-31-22)20-9-8-19(30-20)16-11-14(23)4-7-17(16)24/h2-9,11-12,27H,10H2,1H3. The molecule has 1 N–H and O–H groups in total. The van der Waals surface area contributed by atoms with Crippen LogP contribution in [0.5, 0.6) is 5.75 Å². The lowest BCUT2D eigenvalue weighted by Crippen LogP contribution is -2.19. The van der Waals surface area contributed by atoms with Crippen molar-refractivity contribution >= 4 is 40.7 Å². The Kier molecular flexibility index (Phi) is 5.40. The van der Waals surface area contributed by atoms with E-state index in [-0.39, 0.29) is 0 Å². The summed E-state index contributed by atoms with van der Waals surface area (Å²) in [5, 5.41) is 12.5. The van der Waals surface area contributed by atoms with E-state index in [2.05, 4.69) is 15.6 Å². The second-order valence-electron chi connectivity index (χ2n) is 6.81. The molecule has 2 aromatic carbocycles. The Morgan fingerprint density at radius 3 is 2.65 bits per heavy atom. The molecule has 6 nitrogen and oxygen atoms in total. The van der Waals surface area contributed by atoms with Crippen LogP contribution in [0.2, 0.25) is 10.0 Å². The zero-order valence-electron chi connectivity index (χ0n) is 16.3. The van der Waals surface area contributed by atoms with E-state index in [1.54, 1.807) is 25.3 Å². The quantitative estimate of drug-likeness (QED) is 0.380. The zero-order chi connectivity index (χ0) is 21.4. The van der Waals surface area contributed by atoms with Crippen molar-refractivity contribution in [3.63, 3.8) is 0 Å². The van der Waals surface area contributed by atoms with Crippen molar-refractivity contribution < 1.29 is 9.15 Å². The molecular formula is C22H16Cl2N4O2S. The first-order valence-electron chi connectivity index (χ1n) is 9.37. The topological polar surface area (TPSA) is 65.1 Å². The summed E-state index contributed by atoms with van der Waals surface area (Å²) in [6.45, 7) is 0. The molecule has 5 rings (SSSR count). The molecule has 0 atom stereocenters. The van der Waals surface area contributed by atoms with Gasteiger partial charge in [0.25, 0.3) is 0 Å². The van der Waals surface area contributed by atoms with Crippen LogP contribution in [-0.2, 0) is 6.42 Å². The maximum atomic E-state index is 6.31. The van der Waals surface area contributed by atoms with Crippen LogP contribution in [-0.4, -0.2) is 22.0 Å². The summed E-state index contributed by atoms with van der Waals surface area (Å²) < 4.78 is 13.2. The number of methoxy groups -OCH3 is 1. The van der Waals surface area contributed by atoms with Gasteiger partial charge in [-0.2, -0.15) is 0 Å². The Morgan fingerprint density at radius 2 is 1.84 bits per heavy atom. The SMILES string of the molecule is COc1ccc(Cc2nnc3n2NC(c2ccc(-c4cc(Cl)ccc4Cl)o2)=CS3)cc1. The molecule has 1 aliphatic heterocycles. The van der Waals surface area contributed by atoms with Gasteiger partial charge in [-0.25, -0.2) is 4.68 Å². The third-order valence-corrected chi connectivity index (χ3v) is 6.19. The number of halogens is 2. The maximum absolute atomic E-state index is 6.31. The fourth-order valence-electron chi connectivity index (χ4n) is 3.21. The molecule has 0 amide bonds. The van der Waals surface area contributed by atoms with Crippen molar-refractivity contribution in [2.75, 3.05) is 12.5 Å². The molecule has 3 heterocycles. The lowest BCUT2D eigenvalue weighted by molar-refractivity contribution is 0.414. The first-order chi connectivity index (χ1) is 15.1. The minimum Gasteiger partial charge on any atom is -0.497 e. The Balaban J connectivity index is 1.38. The molecule has 0 aliphatic carbocycles. The zero-order valence-corrected chi connectivity index (χ0v) is 18.6. The van der Waals surface area contributed by atoms with Gasteiger partial charge in [-0.1, -0.05) is 47.1 Å². The van der Waals surface area contributed by atoms with Gasteiger partial charge < -0.3 is 9.15 Å². The number of rotatable bonds is 5. The van der Waals surface area contributed by atoms with E-state index < -0.39 is 0 Å².